The molecule has 11 heteroatoms. The summed E-state index contributed by atoms with van der Waals surface area (Å²) in [6, 6.07) is 5.67. The smallest absolute Gasteiger partial charge is 0.235 e. The van der Waals surface area contributed by atoms with Gasteiger partial charge in [0.2, 0.25) is 5.91 Å². The minimum absolute atomic E-state index is 0.0149. The third kappa shape index (κ3) is 2.94. The molecule has 9 nitrogen and oxygen atoms in total. The fraction of sp³-hybridized carbons (Fsp3) is 0.154. The van der Waals surface area contributed by atoms with Crippen LogP contribution in [0.1, 0.15) is 24.1 Å². The standard InChI is InChI=1S/C26H17FN8OS/c27-21-20-16-11-30-22(21)13-6-14(8-28-7-13)35(26(36)12-2-1-3-12)19-5-4-18(37-19)15-9-29-10-17-23(15)32-25(31-17)24(20)34-33-16/h4-12,33-34H,1-3H2. The lowest BCUT2D eigenvalue weighted by atomic mass is 9.84. The number of rotatable bonds is 1. The lowest BCUT2D eigenvalue weighted by Crippen LogP contribution is -2.27. The number of nitrogens with zero attached hydrogens (tertiary/aromatic N) is 6. The van der Waals surface area contributed by atoms with Crippen molar-refractivity contribution < 1.29 is 9.18 Å². The van der Waals surface area contributed by atoms with Gasteiger partial charge in [0, 0.05) is 33.8 Å². The van der Waals surface area contributed by atoms with E-state index < -0.39 is 5.82 Å². The van der Waals surface area contributed by atoms with E-state index in [1.807, 2.05) is 12.1 Å². The molecule has 0 aromatic carbocycles. The summed E-state index contributed by atoms with van der Waals surface area (Å²) < 4.78 is 18.7. The molecule has 1 saturated carbocycles. The molecule has 1 aliphatic carbocycles. The lowest BCUT2D eigenvalue weighted by Gasteiger charge is -2.24. The van der Waals surface area contributed by atoms with E-state index in [9.17, 15) is 4.79 Å². The van der Waals surface area contributed by atoms with Crippen molar-refractivity contribution in [2.75, 3.05) is 0 Å². The Morgan fingerprint density at radius 2 is 1.92 bits per heavy atom. The number of hydrogen-bond donors (Lipinski definition) is 2. The highest BCUT2D eigenvalue weighted by Gasteiger charge is 2.28. The van der Waals surface area contributed by atoms with Crippen LogP contribution in [0.15, 0.2) is 49.2 Å². The van der Waals surface area contributed by atoms with Gasteiger partial charge in [-0.25, -0.2) is 14.4 Å². The largest absolute Gasteiger partial charge is 0.298 e. The zero-order chi connectivity index (χ0) is 24.7. The molecule has 1 fully saturated rings. The molecule has 8 bridgehead atoms. The van der Waals surface area contributed by atoms with E-state index in [-0.39, 0.29) is 17.3 Å². The van der Waals surface area contributed by atoms with Crippen LogP contribution in [0, 0.1) is 11.7 Å². The van der Waals surface area contributed by atoms with Crippen molar-refractivity contribution in [3.05, 3.63) is 55.0 Å². The van der Waals surface area contributed by atoms with Crippen LogP contribution in [0.25, 0.3) is 64.8 Å². The molecule has 5 aromatic heterocycles. The molecule has 3 aliphatic rings. The number of hydrogen-bond acceptors (Lipinski definition) is 7. The van der Waals surface area contributed by atoms with Gasteiger partial charge in [0.05, 0.1) is 35.2 Å². The monoisotopic (exact) mass is 508 g/mol. The SMILES string of the molecule is O=C(C1CCC1)n1c2cncc(c2)c2ncc3[nH][nH]c(c4nc5cncc(c6ccc1s6)c5n4)-c3c2F. The van der Waals surface area contributed by atoms with E-state index in [0.29, 0.717) is 44.4 Å². The van der Waals surface area contributed by atoms with Crippen molar-refractivity contribution in [3.63, 3.8) is 0 Å². The van der Waals surface area contributed by atoms with E-state index in [0.717, 1.165) is 34.2 Å². The summed E-state index contributed by atoms with van der Waals surface area (Å²) in [5, 5.41) is 7.26. The van der Waals surface area contributed by atoms with Crippen LogP contribution in [-0.2, 0) is 0 Å². The molecular weight excluding hydrogens is 491 g/mol. The zero-order valence-corrected chi connectivity index (χ0v) is 20.0. The number of aromatic amines is 2. The molecule has 0 spiro atoms. The molecule has 0 saturated heterocycles. The summed E-state index contributed by atoms with van der Waals surface area (Å²) in [5.74, 6) is -0.559. The summed E-state index contributed by atoms with van der Waals surface area (Å²) in [7, 11) is 0. The Kier molecular flexibility index (Phi) is 4.19. The first-order valence-corrected chi connectivity index (χ1v) is 12.7. The molecule has 0 radical (unpaired) electrons. The van der Waals surface area contributed by atoms with Crippen LogP contribution >= 0.6 is 11.3 Å². The highest BCUT2D eigenvalue weighted by atomic mass is 32.1. The Hall–Kier alpha value is -4.51. The Bertz CT molecular complexity index is 2080. The Morgan fingerprint density at radius 1 is 1.03 bits per heavy atom. The van der Waals surface area contributed by atoms with E-state index in [1.165, 1.54) is 11.3 Å². The molecule has 37 heavy (non-hydrogen) atoms. The fourth-order valence-corrected chi connectivity index (χ4v) is 6.08. The highest BCUT2D eigenvalue weighted by molar-refractivity contribution is 7.24. The summed E-state index contributed by atoms with van der Waals surface area (Å²) in [6.07, 6.45) is 10.9. The molecule has 0 amide bonds. The number of pyridine rings is 3. The Labute approximate surface area is 211 Å². The molecule has 0 unspecified atom stereocenters. The first-order valence-electron chi connectivity index (χ1n) is 11.9. The van der Waals surface area contributed by atoms with Crippen molar-refractivity contribution in [1.29, 1.82) is 0 Å². The molecule has 2 N–H and O–H groups in total. The van der Waals surface area contributed by atoms with Gasteiger partial charge in [-0.15, -0.1) is 11.3 Å². The van der Waals surface area contributed by atoms with Crippen LogP contribution in [0.5, 0.6) is 0 Å². The van der Waals surface area contributed by atoms with E-state index in [4.69, 9.17) is 4.98 Å². The number of fused-ring (bicyclic) bond motifs is 9. The molecule has 7 heterocycles. The fourth-order valence-electron chi connectivity index (χ4n) is 5.04. The predicted octanol–water partition coefficient (Wildman–Crippen LogP) is 5.76. The number of aromatic nitrogens is 8. The number of carbonyl (C=O) groups is 1. The zero-order valence-electron chi connectivity index (χ0n) is 19.2. The number of thiophene rings is 1. The predicted molar refractivity (Wildman–Crippen MR) is 140 cm³/mol. The minimum atomic E-state index is -0.527. The van der Waals surface area contributed by atoms with Gasteiger partial charge in [0.1, 0.15) is 27.1 Å². The second kappa shape index (κ2) is 7.50. The average molecular weight is 509 g/mol. The van der Waals surface area contributed by atoms with E-state index >= 15 is 4.39 Å². The van der Waals surface area contributed by atoms with Gasteiger partial charge in [-0.1, -0.05) is 6.42 Å². The van der Waals surface area contributed by atoms with Crippen LogP contribution in [0.2, 0.25) is 0 Å². The van der Waals surface area contributed by atoms with E-state index in [2.05, 4.69) is 30.1 Å². The van der Waals surface area contributed by atoms with Gasteiger partial charge in [-0.3, -0.25) is 34.5 Å². The maximum atomic E-state index is 16.1. The van der Waals surface area contributed by atoms with Crippen molar-refractivity contribution in [2.24, 2.45) is 5.92 Å². The van der Waals surface area contributed by atoms with Crippen molar-refractivity contribution >= 4 is 70.8 Å². The van der Waals surface area contributed by atoms with Gasteiger partial charge < -0.3 is 0 Å². The average Bonchev–Trinajstić information content (AvgIpc) is 3.61. The number of imidazole rings is 1. The quantitative estimate of drug-likeness (QED) is 0.291. The van der Waals surface area contributed by atoms with Crippen molar-refractivity contribution in [3.8, 4) is 11.3 Å². The summed E-state index contributed by atoms with van der Waals surface area (Å²) in [4.78, 5) is 37.0. The van der Waals surface area contributed by atoms with Gasteiger partial charge in [-0.05, 0) is 31.0 Å². The van der Waals surface area contributed by atoms with Crippen molar-refractivity contribution in [1.82, 2.24) is 39.7 Å². The summed E-state index contributed by atoms with van der Waals surface area (Å²) >= 11 is 1.47. The molecule has 5 aromatic rings. The van der Waals surface area contributed by atoms with E-state index in [1.54, 1.807) is 41.6 Å². The van der Waals surface area contributed by atoms with Crippen LogP contribution in [0.4, 0.5) is 4.39 Å². The van der Waals surface area contributed by atoms with Gasteiger partial charge in [0.25, 0.3) is 0 Å². The Morgan fingerprint density at radius 3 is 2.78 bits per heavy atom. The number of carbonyl (C=O) groups excluding carboxylic acids is 1. The van der Waals surface area contributed by atoms with Gasteiger partial charge >= 0.3 is 0 Å². The van der Waals surface area contributed by atoms with Gasteiger partial charge in [0.15, 0.2) is 11.5 Å². The summed E-state index contributed by atoms with van der Waals surface area (Å²) in [5.41, 5.74) is 3.53. The normalized spacial score (nSPS) is 14.3. The summed E-state index contributed by atoms with van der Waals surface area (Å²) in [6.45, 7) is 0. The molecule has 180 valence electrons. The number of halogens is 1. The van der Waals surface area contributed by atoms with Crippen LogP contribution in [0.3, 0.4) is 0 Å². The second-order valence-electron chi connectivity index (χ2n) is 9.31. The topological polar surface area (TPSA) is 118 Å². The maximum absolute atomic E-state index is 16.1. The molecule has 8 rings (SSSR count). The lowest BCUT2D eigenvalue weighted by molar-refractivity contribution is 0.0776. The first kappa shape index (κ1) is 20.7. The number of H-pyrrole nitrogens is 2. The Balaban J connectivity index is 1.61. The molecule has 0 atom stereocenters. The molecule has 2 aliphatic heterocycles. The van der Waals surface area contributed by atoms with Crippen LogP contribution < -0.4 is 0 Å². The number of nitrogens with one attached hydrogen (secondary N) is 2. The van der Waals surface area contributed by atoms with Crippen molar-refractivity contribution in [2.45, 2.75) is 19.3 Å². The highest BCUT2D eigenvalue weighted by Crippen LogP contribution is 2.35. The van der Waals surface area contributed by atoms with Gasteiger partial charge in [-0.2, -0.15) is 0 Å². The third-order valence-electron chi connectivity index (χ3n) is 7.17. The third-order valence-corrected chi connectivity index (χ3v) is 8.27. The molecular formula is C26H17FN8OS. The maximum Gasteiger partial charge on any atom is 0.235 e. The first-order chi connectivity index (χ1) is 18.2. The second-order valence-corrected chi connectivity index (χ2v) is 10.4. The minimum Gasteiger partial charge on any atom is -0.298 e. The van der Waals surface area contributed by atoms with Crippen LogP contribution in [-0.4, -0.2) is 45.6 Å².